The number of hydrogen-bond donors (Lipinski definition) is 2. The molecule has 0 spiro atoms. The second-order valence-electron chi connectivity index (χ2n) is 4.48. The van der Waals surface area contributed by atoms with Crippen LogP contribution in [0.25, 0.3) is 0 Å². The molecule has 0 atom stereocenters. The predicted octanol–water partition coefficient (Wildman–Crippen LogP) is 0.999. The number of hydrogen-bond acceptors (Lipinski definition) is 4. The largest absolute Gasteiger partial charge is 0.384 e. The van der Waals surface area contributed by atoms with Crippen molar-refractivity contribution in [3.63, 3.8) is 0 Å². The normalized spacial score (nSPS) is 9.71. The van der Waals surface area contributed by atoms with Gasteiger partial charge in [0.2, 0.25) is 5.91 Å². The topological polar surface area (TPSA) is 69.6 Å². The Bertz CT molecular complexity index is 569. The molecule has 0 fully saturated rings. The Hall–Kier alpha value is -1.84. The molecule has 0 saturated heterocycles. The lowest BCUT2D eigenvalue weighted by Crippen LogP contribution is -2.39. The van der Waals surface area contributed by atoms with Crippen molar-refractivity contribution in [3.8, 4) is 11.8 Å². The first kappa shape index (κ1) is 17.2. The van der Waals surface area contributed by atoms with Crippen molar-refractivity contribution in [2.45, 2.75) is 20.3 Å². The van der Waals surface area contributed by atoms with Crippen LogP contribution in [-0.2, 0) is 4.79 Å². The second kappa shape index (κ2) is 8.45. The predicted molar refractivity (Wildman–Crippen MR) is 83.3 cm³/mol. The smallest absolute Gasteiger partial charge is 0.264 e. The number of rotatable bonds is 5. The van der Waals surface area contributed by atoms with Gasteiger partial charge < -0.3 is 15.3 Å². The van der Waals surface area contributed by atoms with Gasteiger partial charge in [-0.05, 0) is 25.0 Å². The number of aliphatic hydroxyl groups excluding tert-OH is 1. The highest BCUT2D eigenvalue weighted by atomic mass is 32.1. The van der Waals surface area contributed by atoms with Crippen molar-refractivity contribution < 1.29 is 14.7 Å². The highest BCUT2D eigenvalue weighted by molar-refractivity contribution is 7.14. The number of aliphatic hydroxyl groups is 1. The third kappa shape index (κ3) is 4.88. The number of likely N-dealkylation sites (N-methyl/N-ethyl adjacent to an activating group) is 1. The van der Waals surface area contributed by atoms with Gasteiger partial charge in [0.15, 0.2) is 0 Å². The third-order valence-corrected chi connectivity index (χ3v) is 3.94. The molecule has 5 nitrogen and oxygen atoms in total. The summed E-state index contributed by atoms with van der Waals surface area (Å²) in [5.74, 6) is 5.06. The maximum Gasteiger partial charge on any atom is 0.264 e. The average Bonchev–Trinajstić information content (AvgIpc) is 2.84. The zero-order chi connectivity index (χ0) is 15.8. The van der Waals surface area contributed by atoms with Crippen molar-refractivity contribution in [3.05, 3.63) is 21.4 Å². The van der Waals surface area contributed by atoms with E-state index in [1.165, 1.54) is 16.2 Å². The molecule has 0 aliphatic heterocycles. The molecule has 1 aromatic heterocycles. The lowest BCUT2D eigenvalue weighted by Gasteiger charge is -2.20. The molecule has 114 valence electrons. The van der Waals surface area contributed by atoms with Gasteiger partial charge in [-0.25, -0.2) is 0 Å². The van der Waals surface area contributed by atoms with Gasteiger partial charge in [-0.3, -0.25) is 9.59 Å². The average molecular weight is 308 g/mol. The number of carbonyl (C=O) groups excluding carboxylic acids is 2. The van der Waals surface area contributed by atoms with Gasteiger partial charge in [0, 0.05) is 13.6 Å². The first-order valence-corrected chi connectivity index (χ1v) is 7.55. The van der Waals surface area contributed by atoms with Crippen LogP contribution in [0.2, 0.25) is 0 Å². The van der Waals surface area contributed by atoms with Crippen LogP contribution >= 0.6 is 11.3 Å². The summed E-state index contributed by atoms with van der Waals surface area (Å²) in [5, 5.41) is 11.3. The Labute approximate surface area is 129 Å². The van der Waals surface area contributed by atoms with E-state index in [-0.39, 0.29) is 25.0 Å². The van der Waals surface area contributed by atoms with Crippen LogP contribution < -0.4 is 5.32 Å². The monoisotopic (exact) mass is 308 g/mol. The number of carbonyl (C=O) groups is 2. The number of amides is 2. The zero-order valence-corrected chi connectivity index (χ0v) is 13.3. The van der Waals surface area contributed by atoms with Crippen LogP contribution in [0.15, 0.2) is 6.07 Å². The molecular formula is C15H20N2O3S. The van der Waals surface area contributed by atoms with Crippen LogP contribution in [0.5, 0.6) is 0 Å². The van der Waals surface area contributed by atoms with E-state index < -0.39 is 0 Å². The Morgan fingerprint density at radius 3 is 2.76 bits per heavy atom. The van der Waals surface area contributed by atoms with Gasteiger partial charge in [-0.15, -0.1) is 11.3 Å². The zero-order valence-electron chi connectivity index (χ0n) is 12.5. The van der Waals surface area contributed by atoms with Crippen molar-refractivity contribution in [1.82, 2.24) is 10.2 Å². The molecule has 1 rings (SSSR count). The summed E-state index contributed by atoms with van der Waals surface area (Å²) in [6.07, 6.45) is 0.782. The molecule has 0 radical (unpaired) electrons. The molecule has 0 aliphatic carbocycles. The summed E-state index contributed by atoms with van der Waals surface area (Å²) >= 11 is 1.29. The van der Waals surface area contributed by atoms with Crippen LogP contribution in [-0.4, -0.2) is 48.6 Å². The molecular weight excluding hydrogens is 288 g/mol. The summed E-state index contributed by atoms with van der Waals surface area (Å²) in [5.41, 5.74) is 0.903. The van der Waals surface area contributed by atoms with E-state index in [1.54, 1.807) is 13.1 Å². The molecule has 0 aliphatic rings. The maximum atomic E-state index is 12.5. The van der Waals surface area contributed by atoms with Crippen molar-refractivity contribution in [1.29, 1.82) is 0 Å². The van der Waals surface area contributed by atoms with Crippen LogP contribution in [0, 0.1) is 18.8 Å². The highest BCUT2D eigenvalue weighted by Crippen LogP contribution is 2.22. The quantitative estimate of drug-likeness (QED) is 0.797. The van der Waals surface area contributed by atoms with E-state index in [4.69, 9.17) is 5.11 Å². The van der Waals surface area contributed by atoms with E-state index >= 15 is 0 Å². The molecule has 0 saturated carbocycles. The molecule has 6 heteroatoms. The fourth-order valence-electron chi connectivity index (χ4n) is 1.76. The first-order chi connectivity index (χ1) is 10.0. The van der Waals surface area contributed by atoms with Gasteiger partial charge >= 0.3 is 0 Å². The molecule has 2 amide bonds. The minimum absolute atomic E-state index is 0.0533. The van der Waals surface area contributed by atoms with E-state index in [1.807, 2.05) is 13.8 Å². The fraction of sp³-hybridized carbons (Fsp3) is 0.467. The molecule has 2 N–H and O–H groups in total. The minimum atomic E-state index is -0.209. The van der Waals surface area contributed by atoms with E-state index in [9.17, 15) is 9.59 Å². The van der Waals surface area contributed by atoms with Gasteiger partial charge in [-0.2, -0.15) is 0 Å². The molecule has 0 unspecified atom stereocenters. The van der Waals surface area contributed by atoms with E-state index in [2.05, 4.69) is 17.2 Å². The van der Waals surface area contributed by atoms with E-state index in [0.29, 0.717) is 11.4 Å². The van der Waals surface area contributed by atoms with Gasteiger partial charge in [0.05, 0.1) is 16.3 Å². The fourth-order valence-corrected chi connectivity index (χ4v) is 2.78. The second-order valence-corrected chi connectivity index (χ2v) is 5.53. The summed E-state index contributed by atoms with van der Waals surface area (Å²) < 4.78 is 0. The lowest BCUT2D eigenvalue weighted by atomic mass is 10.2. The lowest BCUT2D eigenvalue weighted by molar-refractivity contribution is -0.121. The Balaban J connectivity index is 2.95. The molecule has 0 bridgehead atoms. The van der Waals surface area contributed by atoms with Gasteiger partial charge in [0.25, 0.3) is 5.91 Å². The van der Waals surface area contributed by atoms with Gasteiger partial charge in [-0.1, -0.05) is 18.8 Å². The van der Waals surface area contributed by atoms with Gasteiger partial charge in [0.1, 0.15) is 6.61 Å². The van der Waals surface area contributed by atoms with Crippen LogP contribution in [0.4, 0.5) is 0 Å². The number of nitrogens with zero attached hydrogens (tertiary/aromatic N) is 1. The summed E-state index contributed by atoms with van der Waals surface area (Å²) in [6, 6.07) is 1.78. The Kier molecular flexibility index (Phi) is 6.92. The molecule has 21 heavy (non-hydrogen) atoms. The molecule has 0 aromatic carbocycles. The standard InChI is InChI=1S/C15H20N2O3S/c1-4-7-17(10-14(19)16-3)15(20)13-9-11(2)12(21-13)6-5-8-18/h9,18H,4,7-8,10H2,1-3H3,(H,16,19). The minimum Gasteiger partial charge on any atom is -0.384 e. The van der Waals surface area contributed by atoms with Crippen molar-refractivity contribution in [2.75, 3.05) is 26.7 Å². The molecule has 1 heterocycles. The molecule has 1 aromatic rings. The third-order valence-electron chi connectivity index (χ3n) is 2.80. The number of aryl methyl sites for hydroxylation is 1. The van der Waals surface area contributed by atoms with Crippen molar-refractivity contribution >= 4 is 23.2 Å². The van der Waals surface area contributed by atoms with Crippen LogP contribution in [0.1, 0.15) is 33.5 Å². The first-order valence-electron chi connectivity index (χ1n) is 6.73. The van der Waals surface area contributed by atoms with Crippen LogP contribution in [0.3, 0.4) is 0 Å². The Morgan fingerprint density at radius 2 is 2.19 bits per heavy atom. The maximum absolute atomic E-state index is 12.5. The SMILES string of the molecule is CCCN(CC(=O)NC)C(=O)c1cc(C)c(C#CCO)s1. The highest BCUT2D eigenvalue weighted by Gasteiger charge is 2.20. The summed E-state index contributed by atoms with van der Waals surface area (Å²) in [7, 11) is 1.55. The van der Waals surface area contributed by atoms with Crippen molar-refractivity contribution in [2.24, 2.45) is 0 Å². The Morgan fingerprint density at radius 1 is 1.48 bits per heavy atom. The number of nitrogens with one attached hydrogen (secondary N) is 1. The summed E-state index contributed by atoms with van der Waals surface area (Å²) in [6.45, 7) is 4.21. The summed E-state index contributed by atoms with van der Waals surface area (Å²) in [4.78, 5) is 26.8. The van der Waals surface area contributed by atoms with E-state index in [0.717, 1.165) is 16.9 Å². The number of thiophene rings is 1.